The van der Waals surface area contributed by atoms with Gasteiger partial charge in [0.15, 0.2) is 11.5 Å². The van der Waals surface area contributed by atoms with Crippen LogP contribution in [0.5, 0.6) is 11.5 Å². The molecule has 2 aromatic carbocycles. The molecule has 0 saturated heterocycles. The van der Waals surface area contributed by atoms with Gasteiger partial charge in [0.05, 0.1) is 38.1 Å². The Morgan fingerprint density at radius 3 is 2.45 bits per heavy atom. The Hall–Kier alpha value is -3.87. The average Bonchev–Trinajstić information content (AvgIpc) is 2.76. The Balaban J connectivity index is 1.89. The maximum atomic E-state index is 12.5. The largest absolute Gasteiger partial charge is 0.493 e. The summed E-state index contributed by atoms with van der Waals surface area (Å²) >= 11 is 0. The van der Waals surface area contributed by atoms with Crippen molar-refractivity contribution >= 4 is 34.5 Å². The number of para-hydroxylation sites is 1. The van der Waals surface area contributed by atoms with Crippen LogP contribution in [0.3, 0.4) is 0 Å². The first-order chi connectivity index (χ1) is 14.1. The molecule has 3 aromatic rings. The van der Waals surface area contributed by atoms with Crippen LogP contribution in [-0.2, 0) is 9.53 Å². The minimum Gasteiger partial charge on any atom is -0.493 e. The summed E-state index contributed by atoms with van der Waals surface area (Å²) in [7, 11) is 4.19. The molecular weight excluding hydrogens is 372 g/mol. The van der Waals surface area contributed by atoms with E-state index in [9.17, 15) is 9.59 Å². The van der Waals surface area contributed by atoms with E-state index in [1.165, 1.54) is 39.5 Å². The van der Waals surface area contributed by atoms with E-state index in [2.05, 4.69) is 10.3 Å². The Morgan fingerprint density at radius 2 is 1.72 bits per heavy atom. The molecule has 0 atom stereocenters. The van der Waals surface area contributed by atoms with Crippen molar-refractivity contribution in [2.24, 2.45) is 0 Å². The van der Waals surface area contributed by atoms with Crippen molar-refractivity contribution in [2.45, 2.75) is 0 Å². The van der Waals surface area contributed by atoms with Crippen LogP contribution in [0.15, 0.2) is 54.7 Å². The summed E-state index contributed by atoms with van der Waals surface area (Å²) in [6.45, 7) is 0. The van der Waals surface area contributed by atoms with Crippen LogP contribution in [0.4, 0.5) is 5.69 Å². The van der Waals surface area contributed by atoms with Crippen LogP contribution in [-0.4, -0.2) is 38.2 Å². The number of esters is 1. The van der Waals surface area contributed by atoms with E-state index in [0.29, 0.717) is 11.5 Å². The SMILES string of the molecule is COC(=O)c1cc(OC)c(OC)cc1NC(=O)/C=C/c1cccc2cccnc12. The standard InChI is InChI=1S/C22H20N2O5/c1-27-18-12-16(22(26)29-3)17(13-19(18)28-2)24-20(25)10-9-15-7-4-6-14-8-5-11-23-21(14)15/h4-13H,1-3H3,(H,24,25)/b10-9+. The lowest BCUT2D eigenvalue weighted by Crippen LogP contribution is -2.13. The van der Waals surface area contributed by atoms with Gasteiger partial charge in [-0.1, -0.05) is 24.3 Å². The number of aromatic nitrogens is 1. The van der Waals surface area contributed by atoms with Gasteiger partial charge >= 0.3 is 5.97 Å². The van der Waals surface area contributed by atoms with Gasteiger partial charge in [0, 0.05) is 35.4 Å². The van der Waals surface area contributed by atoms with Crippen LogP contribution in [0.2, 0.25) is 0 Å². The first-order valence-corrected chi connectivity index (χ1v) is 8.74. The van der Waals surface area contributed by atoms with E-state index in [1.807, 2.05) is 30.3 Å². The van der Waals surface area contributed by atoms with Gasteiger partial charge < -0.3 is 19.5 Å². The van der Waals surface area contributed by atoms with Crippen molar-refractivity contribution in [1.29, 1.82) is 0 Å². The predicted molar refractivity (Wildman–Crippen MR) is 110 cm³/mol. The zero-order valence-corrected chi connectivity index (χ0v) is 16.3. The fourth-order valence-corrected chi connectivity index (χ4v) is 2.86. The number of nitrogens with zero attached hydrogens (tertiary/aromatic N) is 1. The minimum absolute atomic E-state index is 0.152. The summed E-state index contributed by atoms with van der Waals surface area (Å²) in [6.07, 6.45) is 4.75. The van der Waals surface area contributed by atoms with E-state index in [0.717, 1.165) is 16.5 Å². The van der Waals surface area contributed by atoms with Gasteiger partial charge in [-0.25, -0.2) is 4.79 Å². The second kappa shape index (κ2) is 8.88. The third-order valence-electron chi connectivity index (χ3n) is 4.27. The number of carbonyl (C=O) groups excluding carboxylic acids is 2. The van der Waals surface area contributed by atoms with E-state index in [1.54, 1.807) is 12.3 Å². The predicted octanol–water partition coefficient (Wildman–Crippen LogP) is 3.69. The van der Waals surface area contributed by atoms with Crippen LogP contribution < -0.4 is 14.8 Å². The summed E-state index contributed by atoms with van der Waals surface area (Å²) in [5.41, 5.74) is 2.00. The first-order valence-electron chi connectivity index (χ1n) is 8.74. The van der Waals surface area contributed by atoms with Crippen molar-refractivity contribution in [1.82, 2.24) is 4.98 Å². The molecule has 148 valence electrons. The molecule has 7 nitrogen and oxygen atoms in total. The van der Waals surface area contributed by atoms with Gasteiger partial charge in [-0.15, -0.1) is 0 Å². The van der Waals surface area contributed by atoms with Gasteiger partial charge in [0.1, 0.15) is 0 Å². The normalized spacial score (nSPS) is 10.7. The van der Waals surface area contributed by atoms with Crippen molar-refractivity contribution in [3.8, 4) is 11.5 Å². The Kier molecular flexibility index (Phi) is 6.09. The van der Waals surface area contributed by atoms with Crippen molar-refractivity contribution in [3.05, 3.63) is 65.9 Å². The van der Waals surface area contributed by atoms with E-state index in [4.69, 9.17) is 14.2 Å². The summed E-state index contributed by atoms with van der Waals surface area (Å²) < 4.78 is 15.3. The number of carbonyl (C=O) groups is 2. The van der Waals surface area contributed by atoms with Crippen LogP contribution in [0, 0.1) is 0 Å². The number of nitrogens with one attached hydrogen (secondary N) is 1. The number of rotatable bonds is 6. The number of anilines is 1. The average molecular weight is 392 g/mol. The fraction of sp³-hybridized carbons (Fsp3) is 0.136. The van der Waals surface area contributed by atoms with E-state index >= 15 is 0 Å². The molecule has 0 unspecified atom stereocenters. The quantitative estimate of drug-likeness (QED) is 0.509. The van der Waals surface area contributed by atoms with Gasteiger partial charge in [-0.05, 0) is 12.1 Å². The molecule has 0 aliphatic heterocycles. The number of pyridine rings is 1. The molecule has 0 saturated carbocycles. The number of fused-ring (bicyclic) bond motifs is 1. The van der Waals surface area contributed by atoms with Crippen LogP contribution in [0.25, 0.3) is 17.0 Å². The second-order valence-corrected chi connectivity index (χ2v) is 5.99. The molecule has 0 radical (unpaired) electrons. The summed E-state index contributed by atoms with van der Waals surface area (Å²) in [5, 5.41) is 3.66. The molecule has 1 N–H and O–H groups in total. The third-order valence-corrected chi connectivity index (χ3v) is 4.27. The van der Waals surface area contributed by atoms with E-state index < -0.39 is 11.9 Å². The van der Waals surface area contributed by atoms with Crippen LogP contribution in [0.1, 0.15) is 15.9 Å². The Morgan fingerprint density at radius 1 is 1.00 bits per heavy atom. The number of methoxy groups -OCH3 is 3. The van der Waals surface area contributed by atoms with Crippen molar-refractivity contribution in [3.63, 3.8) is 0 Å². The number of hydrogen-bond acceptors (Lipinski definition) is 6. The number of benzene rings is 2. The highest BCUT2D eigenvalue weighted by atomic mass is 16.5. The van der Waals surface area contributed by atoms with E-state index in [-0.39, 0.29) is 11.3 Å². The van der Waals surface area contributed by atoms with Crippen LogP contribution >= 0.6 is 0 Å². The number of ether oxygens (including phenoxy) is 3. The molecule has 3 rings (SSSR count). The monoisotopic (exact) mass is 392 g/mol. The molecule has 0 fully saturated rings. The molecule has 1 amide bonds. The number of amides is 1. The maximum absolute atomic E-state index is 12.5. The second-order valence-electron chi connectivity index (χ2n) is 5.99. The molecule has 1 heterocycles. The topological polar surface area (TPSA) is 86.8 Å². The summed E-state index contributed by atoms with van der Waals surface area (Å²) in [6, 6.07) is 12.5. The van der Waals surface area contributed by atoms with Gasteiger partial charge in [0.2, 0.25) is 5.91 Å². The fourth-order valence-electron chi connectivity index (χ4n) is 2.86. The van der Waals surface area contributed by atoms with Gasteiger partial charge in [0.25, 0.3) is 0 Å². The van der Waals surface area contributed by atoms with Gasteiger partial charge in [-0.3, -0.25) is 9.78 Å². The molecular formula is C22H20N2O5. The summed E-state index contributed by atoms with van der Waals surface area (Å²) in [5.74, 6) is -0.306. The Labute approximate surface area is 167 Å². The molecule has 0 aliphatic carbocycles. The maximum Gasteiger partial charge on any atom is 0.340 e. The Bertz CT molecular complexity index is 1090. The molecule has 7 heteroatoms. The molecule has 1 aromatic heterocycles. The third kappa shape index (κ3) is 4.35. The van der Waals surface area contributed by atoms with Gasteiger partial charge in [-0.2, -0.15) is 0 Å². The molecule has 0 spiro atoms. The highest BCUT2D eigenvalue weighted by Gasteiger charge is 2.18. The first kappa shape index (κ1) is 19.9. The highest BCUT2D eigenvalue weighted by molar-refractivity contribution is 6.07. The smallest absolute Gasteiger partial charge is 0.340 e. The summed E-state index contributed by atoms with van der Waals surface area (Å²) in [4.78, 5) is 29.0. The highest BCUT2D eigenvalue weighted by Crippen LogP contribution is 2.33. The minimum atomic E-state index is -0.608. The zero-order chi connectivity index (χ0) is 20.8. The molecule has 0 bridgehead atoms. The van der Waals surface area contributed by atoms with Crippen molar-refractivity contribution in [2.75, 3.05) is 26.6 Å². The lowest BCUT2D eigenvalue weighted by atomic mass is 10.1. The molecule has 29 heavy (non-hydrogen) atoms. The zero-order valence-electron chi connectivity index (χ0n) is 16.3. The van der Waals surface area contributed by atoms with Crippen molar-refractivity contribution < 1.29 is 23.8 Å². The lowest BCUT2D eigenvalue weighted by Gasteiger charge is -2.14. The number of hydrogen-bond donors (Lipinski definition) is 1. The lowest BCUT2D eigenvalue weighted by molar-refractivity contribution is -0.111. The molecule has 0 aliphatic rings.